The molecule has 0 spiro atoms. The van der Waals surface area contributed by atoms with E-state index in [0.717, 1.165) is 19.3 Å². The molecule has 0 aromatic carbocycles. The van der Waals surface area contributed by atoms with Gasteiger partial charge in [0.05, 0.1) is 19.1 Å². The Balaban J connectivity index is 1.90. The molecule has 1 saturated carbocycles. The van der Waals surface area contributed by atoms with E-state index in [1.54, 1.807) is 6.92 Å². The molecule has 41 heavy (non-hydrogen) atoms. The smallest absolute Gasteiger partial charge is 0.466 e. The number of hydrogen-bond donors (Lipinski definition) is 1. The summed E-state index contributed by atoms with van der Waals surface area (Å²) in [5.41, 5.74) is 0. The predicted molar refractivity (Wildman–Crippen MR) is 156 cm³/mol. The molecule has 1 N–H and O–H groups in total. The van der Waals surface area contributed by atoms with Crippen molar-refractivity contribution in [1.82, 2.24) is 10.2 Å². The number of alkyl halides is 3. The fourth-order valence-corrected chi connectivity index (χ4v) is 5.55. The minimum absolute atomic E-state index is 0.0261. The van der Waals surface area contributed by atoms with Crippen LogP contribution in [0.2, 0.25) is 0 Å². The summed E-state index contributed by atoms with van der Waals surface area (Å²) in [4.78, 5) is 50.9. The number of amides is 2. The van der Waals surface area contributed by atoms with Gasteiger partial charge in [-0.05, 0) is 82.6 Å². The summed E-state index contributed by atoms with van der Waals surface area (Å²) in [5, 5.41) is 1.86. The average Bonchev–Trinajstić information content (AvgIpc) is 3.43. The molecule has 1 saturated heterocycles. The number of nitrogens with zero attached hydrogens (tertiary/aromatic N) is 1. The van der Waals surface area contributed by atoms with Gasteiger partial charge in [-0.1, -0.05) is 25.0 Å². The monoisotopic (exact) mass is 610 g/mol. The van der Waals surface area contributed by atoms with E-state index in [2.05, 4.69) is 31.3 Å². The highest BCUT2D eigenvalue weighted by molar-refractivity contribution is 8.62. The molecule has 0 radical (unpaired) electrons. The molecule has 0 aromatic heterocycles. The molecule has 2 amide bonds. The van der Waals surface area contributed by atoms with Gasteiger partial charge in [0, 0.05) is 12.3 Å². The molecule has 0 aromatic rings. The Kier molecular flexibility index (Phi) is 11.0. The molecule has 2 fully saturated rings. The summed E-state index contributed by atoms with van der Waals surface area (Å²) in [6, 6.07) is -2.26. The van der Waals surface area contributed by atoms with Crippen LogP contribution in [0.25, 0.3) is 0 Å². The van der Waals surface area contributed by atoms with E-state index in [1.807, 2.05) is 17.5 Å². The largest absolute Gasteiger partial charge is 0.471 e. The number of unbranched alkanes of at least 4 members (excludes halogenated alkanes) is 3. The van der Waals surface area contributed by atoms with Crippen LogP contribution in [-0.4, -0.2) is 104 Å². The first kappa shape index (κ1) is 35.0. The molecular weight excluding hydrogens is 561 g/mol. The van der Waals surface area contributed by atoms with Gasteiger partial charge in [0.15, 0.2) is 0 Å². The topological polar surface area (TPSA) is 102 Å². The number of nitrogens with one attached hydrogen (secondary N) is 1. The third-order valence-corrected chi connectivity index (χ3v) is 9.40. The quantitative estimate of drug-likeness (QED) is 0.169. The molecule has 12 heteroatoms. The summed E-state index contributed by atoms with van der Waals surface area (Å²) < 4.78 is 49.6. The lowest BCUT2D eigenvalue weighted by Crippen LogP contribution is -2.54. The number of carbonyl (C=O) groups excluding carboxylic acids is 4. The Morgan fingerprint density at radius 1 is 1.02 bits per heavy atom. The Morgan fingerprint density at radius 2 is 1.71 bits per heavy atom. The van der Waals surface area contributed by atoms with Crippen LogP contribution < -0.4 is 5.32 Å². The van der Waals surface area contributed by atoms with Gasteiger partial charge in [0.1, 0.15) is 12.1 Å². The number of hydrogen-bond acceptors (Lipinski definition) is 6. The lowest BCUT2D eigenvalue weighted by molar-refractivity contribution is -0.175. The summed E-state index contributed by atoms with van der Waals surface area (Å²) in [6.45, 7) is 2.54. The number of rotatable bonds is 15. The number of ether oxygens (including phenoxy) is 2. The van der Waals surface area contributed by atoms with Crippen LogP contribution in [0, 0.1) is 11.8 Å². The molecular formula is C29H49F3N2O6S. The molecule has 1 aliphatic carbocycles. The molecule has 1 aliphatic heterocycles. The van der Waals surface area contributed by atoms with Gasteiger partial charge in [-0.3, -0.25) is 22.7 Å². The van der Waals surface area contributed by atoms with Gasteiger partial charge in [0.25, 0.3) is 0 Å². The fraction of sp³-hybridized carbons (Fsp3) is 0.793. The normalized spacial score (nSPS) is 23.4. The van der Waals surface area contributed by atoms with Crippen molar-refractivity contribution in [3.63, 3.8) is 0 Å². The third kappa shape index (κ3) is 12.7. The van der Waals surface area contributed by atoms with E-state index in [-0.39, 0.29) is 37.4 Å². The summed E-state index contributed by atoms with van der Waals surface area (Å²) in [6.07, 6.45) is 13.9. The maximum absolute atomic E-state index is 13.3. The summed E-state index contributed by atoms with van der Waals surface area (Å²) in [7, 11) is -2.33. The van der Waals surface area contributed by atoms with Crippen LogP contribution in [0.3, 0.4) is 0 Å². The highest BCUT2D eigenvalue weighted by Crippen LogP contribution is 2.74. The Labute approximate surface area is 241 Å². The standard InChI is InChI=1S/C29H49F3N2O6S/c1-7-39-26(36)22-20-21(22)14-11-9-8-10-12-15-23(33-28(38)29(30,31)32)25(35)34-17-13-16-24(34)27(37)40-18-19-41(2,3,4,5)6/h11,14,21-24H,7-10,12-13,15-20H2,1-6H3,(H,33,38)/b14-11-/t21-,22+,23+,24+/m1/s1. The number of allylic oxidation sites excluding steroid dienone is 2. The zero-order chi connectivity index (χ0) is 31.1. The number of halogens is 3. The molecule has 2 aliphatic rings. The highest BCUT2D eigenvalue weighted by atomic mass is 32.4. The number of esters is 2. The van der Waals surface area contributed by atoms with Crippen LogP contribution in [0.1, 0.15) is 58.3 Å². The van der Waals surface area contributed by atoms with Gasteiger partial charge in [-0.2, -0.15) is 13.2 Å². The molecule has 2 rings (SSSR count). The first-order valence-corrected chi connectivity index (χ1v) is 19.1. The lowest BCUT2D eigenvalue weighted by Gasteiger charge is -2.65. The van der Waals surface area contributed by atoms with E-state index in [1.165, 1.54) is 4.90 Å². The van der Waals surface area contributed by atoms with Crippen molar-refractivity contribution >= 4 is 32.0 Å². The predicted octanol–water partition coefficient (Wildman–Crippen LogP) is 4.30. The Morgan fingerprint density at radius 3 is 2.32 bits per heavy atom. The van der Waals surface area contributed by atoms with E-state index >= 15 is 0 Å². The maximum Gasteiger partial charge on any atom is 0.471 e. The van der Waals surface area contributed by atoms with Crippen molar-refractivity contribution in [2.24, 2.45) is 11.8 Å². The minimum atomic E-state index is -5.13. The SMILES string of the molecule is CCOC(=O)[C@H]1C[C@H]1/C=C\CCCCC[C@H](NC(=O)C(F)(F)F)C(=O)N1CCC[C@H]1C(=O)OCCS(C)(C)(C)(C)C. The summed E-state index contributed by atoms with van der Waals surface area (Å²) >= 11 is 0. The van der Waals surface area contributed by atoms with Crippen molar-refractivity contribution in [3.8, 4) is 0 Å². The zero-order valence-electron chi connectivity index (χ0n) is 25.4. The lowest BCUT2D eigenvalue weighted by atomic mass is 10.0. The van der Waals surface area contributed by atoms with Crippen molar-refractivity contribution in [2.45, 2.75) is 76.6 Å². The maximum atomic E-state index is 13.3. The molecule has 0 unspecified atom stereocenters. The highest BCUT2D eigenvalue weighted by Gasteiger charge is 2.44. The molecule has 8 nitrogen and oxygen atoms in total. The van der Waals surface area contributed by atoms with Crippen LogP contribution in [0.5, 0.6) is 0 Å². The van der Waals surface area contributed by atoms with Crippen molar-refractivity contribution in [1.29, 1.82) is 0 Å². The second-order valence-corrected chi connectivity index (χ2v) is 25.9. The van der Waals surface area contributed by atoms with Gasteiger partial charge < -0.3 is 19.7 Å². The van der Waals surface area contributed by atoms with E-state index < -0.39 is 44.3 Å². The number of carbonyl (C=O) groups is 4. The van der Waals surface area contributed by atoms with E-state index in [9.17, 15) is 32.3 Å². The summed E-state index contributed by atoms with van der Waals surface area (Å²) in [5.74, 6) is -2.81. The second-order valence-electron chi connectivity index (χ2n) is 14.4. The number of likely N-dealkylation sites (tertiary alicyclic amines) is 1. The first-order chi connectivity index (χ1) is 18.7. The third-order valence-electron chi connectivity index (χ3n) is 7.19. The second kappa shape index (κ2) is 13.0. The molecule has 238 valence electrons. The van der Waals surface area contributed by atoms with Gasteiger partial charge in [-0.15, -0.1) is 0 Å². The molecule has 4 atom stereocenters. The fourth-order valence-electron chi connectivity index (χ4n) is 4.63. The Hall–Kier alpha value is -2.24. The van der Waals surface area contributed by atoms with Crippen LogP contribution in [0.15, 0.2) is 12.2 Å². The van der Waals surface area contributed by atoms with Crippen LogP contribution in [-0.2, 0) is 28.7 Å². The van der Waals surface area contributed by atoms with Gasteiger partial charge in [-0.25, -0.2) is 4.79 Å². The molecule has 1 heterocycles. The zero-order valence-corrected chi connectivity index (χ0v) is 26.2. The van der Waals surface area contributed by atoms with Crippen molar-refractivity contribution in [2.75, 3.05) is 56.8 Å². The van der Waals surface area contributed by atoms with E-state index in [4.69, 9.17) is 9.47 Å². The Bertz CT molecular complexity index is 994. The first-order valence-electron chi connectivity index (χ1n) is 14.4. The van der Waals surface area contributed by atoms with Crippen molar-refractivity contribution < 1.29 is 41.8 Å². The van der Waals surface area contributed by atoms with Gasteiger partial charge >= 0.3 is 24.0 Å². The average molecular weight is 611 g/mol. The minimum Gasteiger partial charge on any atom is -0.466 e. The van der Waals surface area contributed by atoms with Crippen molar-refractivity contribution in [3.05, 3.63) is 12.2 Å². The molecule has 0 bridgehead atoms. The van der Waals surface area contributed by atoms with Crippen LogP contribution >= 0.6 is 8.29 Å². The van der Waals surface area contributed by atoms with Gasteiger partial charge in [0.2, 0.25) is 5.91 Å². The van der Waals surface area contributed by atoms with Crippen LogP contribution in [0.4, 0.5) is 13.2 Å². The van der Waals surface area contributed by atoms with E-state index in [0.29, 0.717) is 38.0 Å².